The number of thiophene rings is 1. The van der Waals surface area contributed by atoms with Crippen molar-refractivity contribution in [3.63, 3.8) is 0 Å². The fourth-order valence-electron chi connectivity index (χ4n) is 7.69. The highest BCUT2D eigenvalue weighted by Crippen LogP contribution is 2.50. The fourth-order valence-corrected chi connectivity index (χ4v) is 9.08. The van der Waals surface area contributed by atoms with Crippen molar-refractivity contribution in [3.8, 4) is 33.4 Å². The molecule has 0 aliphatic heterocycles. The second-order valence-corrected chi connectivity index (χ2v) is 13.5. The van der Waals surface area contributed by atoms with E-state index in [1.165, 1.54) is 97.4 Å². The first-order chi connectivity index (χ1) is 24.2. The van der Waals surface area contributed by atoms with Crippen LogP contribution in [-0.4, -0.2) is 0 Å². The summed E-state index contributed by atoms with van der Waals surface area (Å²) in [6.45, 7) is 12.6. The maximum absolute atomic E-state index is 2.43. The molecule has 0 spiro atoms. The number of hydrogen-bond donors (Lipinski definition) is 0. The molecule has 1 heterocycles. The van der Waals surface area contributed by atoms with Gasteiger partial charge in [0.25, 0.3) is 0 Å². The molecule has 0 radical (unpaired) electrons. The van der Waals surface area contributed by atoms with Crippen LogP contribution in [0.5, 0.6) is 0 Å². The molecule has 49 heavy (non-hydrogen) atoms. The highest BCUT2D eigenvalue weighted by molar-refractivity contribution is 7.20. The maximum atomic E-state index is 2.43. The summed E-state index contributed by atoms with van der Waals surface area (Å²) < 4.78 is 1.43. The number of allylic oxidation sites excluding steroid dienone is 1. The highest BCUT2D eigenvalue weighted by Gasteiger charge is 2.24. The van der Waals surface area contributed by atoms with E-state index in [2.05, 4.69) is 147 Å². The Labute approximate surface area is 295 Å². The molecule has 1 aliphatic carbocycles. The van der Waals surface area contributed by atoms with Crippen LogP contribution >= 0.6 is 11.3 Å². The molecule has 0 amide bonds. The Morgan fingerprint density at radius 2 is 1.00 bits per heavy atom. The average molecular weight is 653 g/mol. The lowest BCUT2D eigenvalue weighted by molar-refractivity contribution is 1.02. The summed E-state index contributed by atoms with van der Waals surface area (Å²) in [5.41, 5.74) is 12.1. The van der Waals surface area contributed by atoms with Crippen LogP contribution in [0.2, 0.25) is 0 Å². The third-order valence-corrected chi connectivity index (χ3v) is 11.2. The van der Waals surface area contributed by atoms with Crippen LogP contribution in [0.1, 0.15) is 55.7 Å². The van der Waals surface area contributed by atoms with E-state index in [4.69, 9.17) is 0 Å². The van der Waals surface area contributed by atoms with Crippen LogP contribution in [0.25, 0.3) is 81.9 Å². The first kappa shape index (κ1) is 32.6. The van der Waals surface area contributed by atoms with Gasteiger partial charge < -0.3 is 0 Å². The summed E-state index contributed by atoms with van der Waals surface area (Å²) in [6.07, 6.45) is 6.97. The SMILES string of the molecule is CC.CC.Cc1cc2c3c(sc2c(-c2c4ccccc4c(-c4ccc(-c5ccccc5)c5ccccc45)c4ccccc24)c1C)CCC=C3. The molecule has 242 valence electrons. The zero-order valence-electron chi connectivity index (χ0n) is 29.5. The second kappa shape index (κ2) is 13.9. The van der Waals surface area contributed by atoms with E-state index in [-0.39, 0.29) is 0 Å². The van der Waals surface area contributed by atoms with Gasteiger partial charge in [-0.2, -0.15) is 0 Å². The molecule has 0 N–H and O–H groups in total. The van der Waals surface area contributed by atoms with Gasteiger partial charge in [0.15, 0.2) is 0 Å². The maximum Gasteiger partial charge on any atom is 0.0433 e. The van der Waals surface area contributed by atoms with Gasteiger partial charge in [0.1, 0.15) is 0 Å². The molecule has 0 nitrogen and oxygen atoms in total. The third-order valence-electron chi connectivity index (χ3n) is 9.90. The van der Waals surface area contributed by atoms with Gasteiger partial charge >= 0.3 is 0 Å². The fraction of sp³-hybridized carbons (Fsp3) is 0.167. The summed E-state index contributed by atoms with van der Waals surface area (Å²) in [6, 6.07) is 45.0. The van der Waals surface area contributed by atoms with Crippen molar-refractivity contribution in [2.75, 3.05) is 0 Å². The van der Waals surface area contributed by atoms with Gasteiger partial charge in [-0.3, -0.25) is 0 Å². The first-order valence-electron chi connectivity index (χ1n) is 17.9. The Balaban J connectivity index is 0.000000914. The molecule has 0 atom stereocenters. The third kappa shape index (κ3) is 5.38. The van der Waals surface area contributed by atoms with E-state index < -0.39 is 0 Å². The molecule has 1 aliphatic rings. The number of aryl methyl sites for hydroxylation is 2. The minimum atomic E-state index is 1.13. The molecule has 0 saturated heterocycles. The Hall–Kier alpha value is -4.98. The molecule has 0 fully saturated rings. The minimum absolute atomic E-state index is 1.13. The Kier molecular flexibility index (Phi) is 9.21. The van der Waals surface area contributed by atoms with Crippen molar-refractivity contribution in [1.82, 2.24) is 0 Å². The van der Waals surface area contributed by atoms with Crippen molar-refractivity contribution in [1.29, 1.82) is 0 Å². The Morgan fingerprint density at radius 1 is 0.490 bits per heavy atom. The van der Waals surface area contributed by atoms with Gasteiger partial charge in [0.05, 0.1) is 0 Å². The summed E-state index contributed by atoms with van der Waals surface area (Å²) in [7, 11) is 0. The predicted molar refractivity (Wildman–Crippen MR) is 220 cm³/mol. The largest absolute Gasteiger partial charge is 0.139 e. The zero-order chi connectivity index (χ0) is 34.1. The number of fused-ring (bicyclic) bond motifs is 6. The summed E-state index contributed by atoms with van der Waals surface area (Å²) in [5.74, 6) is 0. The smallest absolute Gasteiger partial charge is 0.0433 e. The van der Waals surface area contributed by atoms with Gasteiger partial charge in [-0.05, 0) is 110 Å². The molecule has 0 bridgehead atoms. The average Bonchev–Trinajstić information content (AvgIpc) is 3.54. The lowest BCUT2D eigenvalue weighted by atomic mass is 9.82. The molecule has 0 saturated carbocycles. The lowest BCUT2D eigenvalue weighted by Gasteiger charge is -2.21. The summed E-state index contributed by atoms with van der Waals surface area (Å²) in [5, 5.41) is 9.22. The van der Waals surface area contributed by atoms with Crippen LogP contribution in [-0.2, 0) is 6.42 Å². The number of hydrogen-bond acceptors (Lipinski definition) is 1. The monoisotopic (exact) mass is 652 g/mol. The van der Waals surface area contributed by atoms with Gasteiger partial charge in [0.2, 0.25) is 0 Å². The van der Waals surface area contributed by atoms with Crippen molar-refractivity contribution < 1.29 is 0 Å². The molecule has 1 aromatic heterocycles. The van der Waals surface area contributed by atoms with E-state index in [9.17, 15) is 0 Å². The van der Waals surface area contributed by atoms with E-state index in [0.29, 0.717) is 0 Å². The predicted octanol–water partition coefficient (Wildman–Crippen LogP) is 15.0. The van der Waals surface area contributed by atoms with Crippen LogP contribution < -0.4 is 0 Å². The standard InChI is InChI=1S/C44H32S.2C2H6/c1-27-26-39-33-18-12-13-23-40(33)45-44(39)41(28(27)2)43-36-21-10-8-19-34(36)42(35-20-9-11-22-37(35)43)38-25-24-30(29-14-4-3-5-15-29)31-16-6-7-17-32(31)38;2*1-2/h3-12,14-22,24-26H,13,23H2,1-2H3;2*1-2H3. The van der Waals surface area contributed by atoms with E-state index >= 15 is 0 Å². The van der Waals surface area contributed by atoms with Crippen molar-refractivity contribution in [3.05, 3.63) is 149 Å². The summed E-state index contributed by atoms with van der Waals surface area (Å²) >= 11 is 2.01. The zero-order valence-corrected chi connectivity index (χ0v) is 30.3. The molecule has 9 rings (SSSR count). The highest BCUT2D eigenvalue weighted by atomic mass is 32.1. The van der Waals surface area contributed by atoms with Crippen LogP contribution in [0.15, 0.2) is 127 Å². The van der Waals surface area contributed by atoms with Crippen molar-refractivity contribution in [2.45, 2.75) is 54.4 Å². The topological polar surface area (TPSA) is 0 Å². The van der Waals surface area contributed by atoms with Crippen molar-refractivity contribution >= 4 is 59.8 Å². The first-order valence-corrected chi connectivity index (χ1v) is 18.7. The second-order valence-electron chi connectivity index (χ2n) is 12.4. The lowest BCUT2D eigenvalue weighted by Crippen LogP contribution is -1.95. The van der Waals surface area contributed by atoms with E-state index in [1.54, 1.807) is 0 Å². The van der Waals surface area contributed by atoms with E-state index in [0.717, 1.165) is 12.8 Å². The van der Waals surface area contributed by atoms with Gasteiger partial charge in [-0.15, -0.1) is 11.3 Å². The van der Waals surface area contributed by atoms with Crippen LogP contribution in [0.3, 0.4) is 0 Å². The molecular weight excluding hydrogens is 609 g/mol. The quantitative estimate of drug-likeness (QED) is 0.167. The Morgan fingerprint density at radius 3 is 1.61 bits per heavy atom. The molecule has 0 unspecified atom stereocenters. The number of rotatable bonds is 3. The van der Waals surface area contributed by atoms with Gasteiger partial charge in [-0.25, -0.2) is 0 Å². The molecule has 8 aromatic rings. The van der Waals surface area contributed by atoms with Crippen LogP contribution in [0, 0.1) is 13.8 Å². The Bertz CT molecular complexity index is 2430. The van der Waals surface area contributed by atoms with Crippen molar-refractivity contribution in [2.24, 2.45) is 0 Å². The van der Waals surface area contributed by atoms with Crippen LogP contribution in [0.4, 0.5) is 0 Å². The van der Waals surface area contributed by atoms with E-state index in [1.807, 2.05) is 39.0 Å². The molecular formula is C48H44S. The van der Waals surface area contributed by atoms with Gasteiger partial charge in [-0.1, -0.05) is 155 Å². The molecule has 1 heteroatoms. The normalized spacial score (nSPS) is 12.0. The minimum Gasteiger partial charge on any atom is -0.139 e. The van der Waals surface area contributed by atoms with Gasteiger partial charge in [0, 0.05) is 20.5 Å². The number of benzene rings is 7. The molecule has 7 aromatic carbocycles. The summed E-state index contributed by atoms with van der Waals surface area (Å²) in [4.78, 5) is 1.52.